The van der Waals surface area contributed by atoms with Crippen molar-refractivity contribution in [2.75, 3.05) is 6.54 Å². The third-order valence-electron chi connectivity index (χ3n) is 6.94. The maximum Gasteiger partial charge on any atom is 0.287 e. The van der Waals surface area contributed by atoms with Crippen molar-refractivity contribution in [2.45, 2.75) is 38.1 Å². The number of hydrogen-bond donors (Lipinski definition) is 2. The van der Waals surface area contributed by atoms with Gasteiger partial charge in [0.15, 0.2) is 5.76 Å². The Morgan fingerprint density at radius 3 is 2.12 bits per heavy atom. The van der Waals surface area contributed by atoms with Crippen LogP contribution >= 0.6 is 0 Å². The van der Waals surface area contributed by atoms with Gasteiger partial charge in [-0.2, -0.15) is 0 Å². The Balaban J connectivity index is 1.32. The summed E-state index contributed by atoms with van der Waals surface area (Å²) in [4.78, 5) is 25.5. The van der Waals surface area contributed by atoms with E-state index in [4.69, 9.17) is 4.42 Å². The van der Waals surface area contributed by atoms with Crippen LogP contribution in [0.4, 0.5) is 0 Å². The van der Waals surface area contributed by atoms with Crippen molar-refractivity contribution < 1.29 is 14.0 Å². The molecule has 2 N–H and O–H groups in total. The van der Waals surface area contributed by atoms with Crippen molar-refractivity contribution in [3.63, 3.8) is 0 Å². The summed E-state index contributed by atoms with van der Waals surface area (Å²) in [5.41, 5.74) is 5.61. The first-order valence-electron chi connectivity index (χ1n) is 11.3. The zero-order valence-electron chi connectivity index (χ0n) is 18.4. The van der Waals surface area contributed by atoms with Crippen LogP contribution in [-0.2, 0) is 4.79 Å². The highest BCUT2D eigenvalue weighted by Gasteiger charge is 2.43. The van der Waals surface area contributed by atoms with Crippen molar-refractivity contribution in [3.8, 4) is 0 Å². The van der Waals surface area contributed by atoms with Gasteiger partial charge in [-0.05, 0) is 52.6 Å². The molecule has 1 aromatic heterocycles. The maximum absolute atomic E-state index is 13.1. The minimum atomic E-state index is -0.618. The van der Waals surface area contributed by atoms with Crippen LogP contribution in [-0.4, -0.2) is 24.4 Å². The summed E-state index contributed by atoms with van der Waals surface area (Å²) in [5.74, 6) is 0.616. The summed E-state index contributed by atoms with van der Waals surface area (Å²) in [6, 6.07) is 20.1. The molecule has 6 rings (SSSR count). The normalized spacial score (nSPS) is 21.5. The maximum atomic E-state index is 13.1. The molecule has 2 bridgehead atoms. The highest BCUT2D eigenvalue weighted by Crippen LogP contribution is 2.55. The molecule has 2 aromatic carbocycles. The monoisotopic (exact) mass is 428 g/mol. The molecule has 2 unspecified atom stereocenters. The smallest absolute Gasteiger partial charge is 0.287 e. The van der Waals surface area contributed by atoms with E-state index in [1.54, 1.807) is 12.1 Å². The van der Waals surface area contributed by atoms with Crippen molar-refractivity contribution in [1.82, 2.24) is 10.6 Å². The summed E-state index contributed by atoms with van der Waals surface area (Å²) in [6.45, 7) is 4.45. The number of carbonyl (C=O) groups excluding carboxylic acids is 2. The Labute approximate surface area is 188 Å². The van der Waals surface area contributed by atoms with E-state index in [9.17, 15) is 9.59 Å². The second-order valence-corrected chi connectivity index (χ2v) is 9.20. The van der Waals surface area contributed by atoms with Gasteiger partial charge >= 0.3 is 0 Å². The Morgan fingerprint density at radius 1 is 0.938 bits per heavy atom. The second kappa shape index (κ2) is 8.30. The van der Waals surface area contributed by atoms with Gasteiger partial charge in [0.05, 0.1) is 6.26 Å². The highest BCUT2D eigenvalue weighted by atomic mass is 16.3. The fourth-order valence-corrected chi connectivity index (χ4v) is 5.46. The average molecular weight is 429 g/mol. The summed E-state index contributed by atoms with van der Waals surface area (Å²) in [5, 5.41) is 5.97. The zero-order chi connectivity index (χ0) is 22.2. The van der Waals surface area contributed by atoms with E-state index in [1.165, 1.54) is 28.5 Å². The quantitative estimate of drug-likeness (QED) is 0.609. The van der Waals surface area contributed by atoms with Gasteiger partial charge in [-0.25, -0.2) is 0 Å². The van der Waals surface area contributed by atoms with Crippen LogP contribution in [0.5, 0.6) is 0 Å². The Bertz CT molecular complexity index is 1090. The van der Waals surface area contributed by atoms with Gasteiger partial charge in [0, 0.05) is 18.4 Å². The average Bonchev–Trinajstić information content (AvgIpc) is 3.36. The van der Waals surface area contributed by atoms with E-state index in [-0.39, 0.29) is 29.4 Å². The van der Waals surface area contributed by atoms with E-state index >= 15 is 0 Å². The molecule has 0 aliphatic heterocycles. The van der Waals surface area contributed by atoms with Crippen LogP contribution in [0.1, 0.15) is 64.9 Å². The van der Waals surface area contributed by atoms with Crippen LogP contribution in [0.15, 0.2) is 71.3 Å². The molecule has 2 atom stereocenters. The molecule has 1 heterocycles. The van der Waals surface area contributed by atoms with Crippen molar-refractivity contribution in [2.24, 2.45) is 11.8 Å². The van der Waals surface area contributed by atoms with E-state index in [0.717, 1.165) is 6.42 Å². The molecule has 164 valence electrons. The molecule has 5 heteroatoms. The molecule has 32 heavy (non-hydrogen) atoms. The molecule has 3 aliphatic carbocycles. The van der Waals surface area contributed by atoms with Gasteiger partial charge in [0.2, 0.25) is 5.91 Å². The predicted octanol–water partition coefficient (Wildman–Crippen LogP) is 4.45. The molecule has 0 fully saturated rings. The lowest BCUT2D eigenvalue weighted by Crippen LogP contribution is -2.51. The van der Waals surface area contributed by atoms with Gasteiger partial charge in [0.25, 0.3) is 5.91 Å². The van der Waals surface area contributed by atoms with Crippen LogP contribution in [0.25, 0.3) is 0 Å². The number of amides is 2. The first kappa shape index (κ1) is 20.6. The summed E-state index contributed by atoms with van der Waals surface area (Å²) in [6.07, 6.45) is 2.47. The zero-order valence-corrected chi connectivity index (χ0v) is 18.4. The van der Waals surface area contributed by atoms with Gasteiger partial charge < -0.3 is 15.1 Å². The molecule has 2 amide bonds. The molecule has 0 radical (unpaired) electrons. The summed E-state index contributed by atoms with van der Waals surface area (Å²) < 4.78 is 5.17. The molecular weight excluding hydrogens is 400 g/mol. The molecular formula is C27H28N2O3. The second-order valence-electron chi connectivity index (χ2n) is 9.20. The minimum Gasteiger partial charge on any atom is -0.459 e. The first-order chi connectivity index (χ1) is 15.5. The van der Waals surface area contributed by atoms with E-state index in [1.807, 2.05) is 13.8 Å². The van der Waals surface area contributed by atoms with Crippen molar-refractivity contribution in [3.05, 3.63) is 94.9 Å². The lowest BCUT2D eigenvalue weighted by atomic mass is 9.59. The third kappa shape index (κ3) is 3.52. The fourth-order valence-electron chi connectivity index (χ4n) is 5.46. The molecule has 0 saturated carbocycles. The van der Waals surface area contributed by atoms with E-state index < -0.39 is 6.04 Å². The molecule has 0 saturated heterocycles. The predicted molar refractivity (Wildman–Crippen MR) is 122 cm³/mol. The standard InChI is InChI=1S/C27H28N2O3/c1-16(2)25(29-26(30)23-12-7-13-32-23)27(31)28-15-17-14-22-18-8-3-5-10-20(18)24(17)21-11-6-4-9-19(21)22/h3-13,16-17,22,24-25H,14-15H2,1-2H3,(H,28,31)(H,29,30). The van der Waals surface area contributed by atoms with Gasteiger partial charge in [-0.3, -0.25) is 9.59 Å². The third-order valence-corrected chi connectivity index (χ3v) is 6.94. The number of rotatable bonds is 6. The lowest BCUT2D eigenvalue weighted by molar-refractivity contribution is -0.124. The van der Waals surface area contributed by atoms with Gasteiger partial charge in [0.1, 0.15) is 6.04 Å². The van der Waals surface area contributed by atoms with Crippen LogP contribution < -0.4 is 10.6 Å². The van der Waals surface area contributed by atoms with E-state index in [2.05, 4.69) is 59.2 Å². The molecule has 5 nitrogen and oxygen atoms in total. The lowest BCUT2D eigenvalue weighted by Gasteiger charge is -2.45. The first-order valence-corrected chi connectivity index (χ1v) is 11.3. The number of benzene rings is 2. The van der Waals surface area contributed by atoms with Gasteiger partial charge in [-0.15, -0.1) is 0 Å². The van der Waals surface area contributed by atoms with Crippen LogP contribution in [0.2, 0.25) is 0 Å². The van der Waals surface area contributed by atoms with E-state index in [0.29, 0.717) is 18.4 Å². The minimum absolute atomic E-state index is 0.0434. The van der Waals surface area contributed by atoms with Crippen molar-refractivity contribution >= 4 is 11.8 Å². The largest absolute Gasteiger partial charge is 0.459 e. The number of carbonyl (C=O) groups is 2. The summed E-state index contributed by atoms with van der Waals surface area (Å²) in [7, 11) is 0. The highest BCUT2D eigenvalue weighted by molar-refractivity contribution is 5.95. The fraction of sp³-hybridized carbons (Fsp3) is 0.333. The number of nitrogens with one attached hydrogen (secondary N) is 2. The van der Waals surface area contributed by atoms with Gasteiger partial charge in [-0.1, -0.05) is 62.4 Å². The number of hydrogen-bond acceptors (Lipinski definition) is 3. The van der Waals surface area contributed by atoms with Crippen LogP contribution in [0, 0.1) is 11.8 Å². The Morgan fingerprint density at radius 2 is 1.56 bits per heavy atom. The molecule has 3 aliphatic rings. The number of furan rings is 1. The molecule has 3 aromatic rings. The Hall–Kier alpha value is -3.34. The SMILES string of the molecule is CC(C)C(NC(=O)c1ccco1)C(=O)NCC1CC2c3ccccc3C1c1ccccc12. The summed E-state index contributed by atoms with van der Waals surface area (Å²) >= 11 is 0. The van der Waals surface area contributed by atoms with Crippen molar-refractivity contribution in [1.29, 1.82) is 0 Å². The topological polar surface area (TPSA) is 71.3 Å². The molecule has 0 spiro atoms. The number of fused-ring (bicyclic) bond motifs is 1. The van der Waals surface area contributed by atoms with Crippen LogP contribution in [0.3, 0.4) is 0 Å². The Kier molecular flexibility index (Phi) is 5.33.